The molecule has 29 heavy (non-hydrogen) atoms. The van der Waals surface area contributed by atoms with Crippen molar-refractivity contribution in [1.29, 1.82) is 0 Å². The van der Waals surface area contributed by atoms with Gasteiger partial charge in [-0.05, 0) is 44.6 Å². The Labute approximate surface area is 171 Å². The van der Waals surface area contributed by atoms with E-state index in [4.69, 9.17) is 4.98 Å². The van der Waals surface area contributed by atoms with Gasteiger partial charge >= 0.3 is 0 Å². The standard InChI is InChI=1S/C21H31N7O/c1-14(29)23-16-7-9-17(10-8-16)28(2)21-22-12-11-19(25-21)24-20-13-18(26-27-20)15-5-3-4-6-15/h11-13,15-17H,3-10H2,1-2H3,(H,23,29)(H2,22,24,25,26,27). The number of aromatic nitrogens is 4. The summed E-state index contributed by atoms with van der Waals surface area (Å²) in [5.74, 6) is 2.92. The maximum absolute atomic E-state index is 11.3. The predicted molar refractivity (Wildman–Crippen MR) is 113 cm³/mol. The molecule has 2 aliphatic rings. The molecular weight excluding hydrogens is 366 g/mol. The van der Waals surface area contributed by atoms with Crippen molar-refractivity contribution < 1.29 is 4.79 Å². The summed E-state index contributed by atoms with van der Waals surface area (Å²) >= 11 is 0. The molecule has 1 amide bonds. The van der Waals surface area contributed by atoms with Gasteiger partial charge < -0.3 is 15.5 Å². The van der Waals surface area contributed by atoms with Crippen LogP contribution < -0.4 is 15.5 Å². The molecule has 156 valence electrons. The zero-order valence-corrected chi connectivity index (χ0v) is 17.3. The molecule has 0 atom stereocenters. The first-order valence-electron chi connectivity index (χ1n) is 10.7. The lowest BCUT2D eigenvalue weighted by Gasteiger charge is -2.34. The van der Waals surface area contributed by atoms with E-state index in [-0.39, 0.29) is 5.91 Å². The van der Waals surface area contributed by atoms with Crippen molar-refractivity contribution in [3.8, 4) is 0 Å². The van der Waals surface area contributed by atoms with Crippen LogP contribution in [0.1, 0.15) is 69.9 Å². The van der Waals surface area contributed by atoms with Gasteiger partial charge in [0.15, 0.2) is 5.82 Å². The Bertz CT molecular complexity index is 822. The van der Waals surface area contributed by atoms with Gasteiger partial charge in [0, 0.05) is 49.9 Å². The van der Waals surface area contributed by atoms with E-state index in [1.54, 1.807) is 13.1 Å². The minimum Gasteiger partial charge on any atom is -0.354 e. The molecule has 0 aliphatic heterocycles. The largest absolute Gasteiger partial charge is 0.354 e. The van der Waals surface area contributed by atoms with Crippen LogP contribution in [0, 0.1) is 0 Å². The minimum atomic E-state index is 0.0540. The average molecular weight is 398 g/mol. The van der Waals surface area contributed by atoms with Crippen molar-refractivity contribution in [1.82, 2.24) is 25.5 Å². The monoisotopic (exact) mass is 397 g/mol. The van der Waals surface area contributed by atoms with Gasteiger partial charge in [-0.2, -0.15) is 10.1 Å². The number of H-pyrrole nitrogens is 1. The molecular formula is C21H31N7O. The van der Waals surface area contributed by atoms with Crippen LogP contribution in [-0.2, 0) is 4.79 Å². The van der Waals surface area contributed by atoms with Gasteiger partial charge in [-0.25, -0.2) is 4.98 Å². The number of carbonyl (C=O) groups is 1. The van der Waals surface area contributed by atoms with Gasteiger partial charge in [0.1, 0.15) is 5.82 Å². The van der Waals surface area contributed by atoms with Crippen LogP contribution >= 0.6 is 0 Å². The summed E-state index contributed by atoms with van der Waals surface area (Å²) in [6, 6.07) is 4.65. The first-order chi connectivity index (χ1) is 14.1. The van der Waals surface area contributed by atoms with Gasteiger partial charge in [0.25, 0.3) is 0 Å². The second-order valence-corrected chi connectivity index (χ2v) is 8.37. The van der Waals surface area contributed by atoms with E-state index in [2.05, 4.69) is 43.8 Å². The highest BCUT2D eigenvalue weighted by atomic mass is 16.1. The van der Waals surface area contributed by atoms with Crippen LogP contribution in [0.15, 0.2) is 18.3 Å². The molecule has 0 aromatic carbocycles. The molecule has 8 heteroatoms. The topological polar surface area (TPSA) is 98.8 Å². The van der Waals surface area contributed by atoms with Crippen LogP contribution in [0.5, 0.6) is 0 Å². The van der Waals surface area contributed by atoms with E-state index < -0.39 is 0 Å². The normalized spacial score (nSPS) is 22.4. The lowest BCUT2D eigenvalue weighted by Crippen LogP contribution is -2.42. The van der Waals surface area contributed by atoms with E-state index in [0.717, 1.165) is 37.3 Å². The quantitative estimate of drug-likeness (QED) is 0.690. The molecule has 3 N–H and O–H groups in total. The van der Waals surface area contributed by atoms with E-state index in [1.165, 1.54) is 31.4 Å². The fourth-order valence-corrected chi connectivity index (χ4v) is 4.62. The van der Waals surface area contributed by atoms with Gasteiger partial charge in [-0.1, -0.05) is 12.8 Å². The van der Waals surface area contributed by atoms with Crippen LogP contribution in [0.4, 0.5) is 17.6 Å². The third-order valence-corrected chi connectivity index (χ3v) is 6.26. The molecule has 0 spiro atoms. The molecule has 8 nitrogen and oxygen atoms in total. The van der Waals surface area contributed by atoms with E-state index in [9.17, 15) is 4.79 Å². The number of carbonyl (C=O) groups excluding carboxylic acids is 1. The highest BCUT2D eigenvalue weighted by Crippen LogP contribution is 2.34. The summed E-state index contributed by atoms with van der Waals surface area (Å²) in [5.41, 5.74) is 1.22. The van der Waals surface area contributed by atoms with E-state index >= 15 is 0 Å². The number of amides is 1. The van der Waals surface area contributed by atoms with Gasteiger partial charge in [-0.15, -0.1) is 0 Å². The zero-order valence-electron chi connectivity index (χ0n) is 17.3. The van der Waals surface area contributed by atoms with Crippen LogP contribution in [0.2, 0.25) is 0 Å². The van der Waals surface area contributed by atoms with Crippen LogP contribution in [0.3, 0.4) is 0 Å². The maximum Gasteiger partial charge on any atom is 0.227 e. The molecule has 2 aliphatic carbocycles. The predicted octanol–water partition coefficient (Wildman–Crippen LogP) is 3.48. The van der Waals surface area contributed by atoms with E-state index in [1.807, 2.05) is 6.07 Å². The Morgan fingerprint density at radius 1 is 1.14 bits per heavy atom. The summed E-state index contributed by atoms with van der Waals surface area (Å²) in [7, 11) is 2.05. The first-order valence-corrected chi connectivity index (χ1v) is 10.7. The third-order valence-electron chi connectivity index (χ3n) is 6.26. The Kier molecular flexibility index (Phi) is 5.97. The Morgan fingerprint density at radius 2 is 1.90 bits per heavy atom. The average Bonchev–Trinajstić information content (AvgIpc) is 3.40. The SMILES string of the molecule is CC(=O)NC1CCC(N(C)c2nccc(Nc3cc(C4CCCC4)[nH]n3)n2)CC1. The smallest absolute Gasteiger partial charge is 0.227 e. The summed E-state index contributed by atoms with van der Waals surface area (Å²) in [6.45, 7) is 1.58. The van der Waals surface area contributed by atoms with Crippen molar-refractivity contribution >= 4 is 23.5 Å². The van der Waals surface area contributed by atoms with Crippen LogP contribution in [-0.4, -0.2) is 45.2 Å². The lowest BCUT2D eigenvalue weighted by molar-refractivity contribution is -0.119. The molecule has 2 aromatic rings. The van der Waals surface area contributed by atoms with Gasteiger partial charge in [0.2, 0.25) is 11.9 Å². The van der Waals surface area contributed by atoms with Crippen molar-refractivity contribution in [2.24, 2.45) is 0 Å². The van der Waals surface area contributed by atoms with Gasteiger partial charge in [0.05, 0.1) is 0 Å². The highest BCUT2D eigenvalue weighted by Gasteiger charge is 2.26. The molecule has 0 saturated heterocycles. The number of nitrogens with zero attached hydrogens (tertiary/aromatic N) is 4. The number of rotatable bonds is 6. The minimum absolute atomic E-state index is 0.0540. The highest BCUT2D eigenvalue weighted by molar-refractivity contribution is 5.73. The van der Waals surface area contributed by atoms with Crippen molar-refractivity contribution in [2.75, 3.05) is 17.3 Å². The molecule has 2 aromatic heterocycles. The summed E-state index contributed by atoms with van der Waals surface area (Å²) < 4.78 is 0. The summed E-state index contributed by atoms with van der Waals surface area (Å²) in [5, 5.41) is 13.9. The van der Waals surface area contributed by atoms with Crippen molar-refractivity contribution in [3.63, 3.8) is 0 Å². The lowest BCUT2D eigenvalue weighted by atomic mass is 9.90. The number of anilines is 3. The second kappa shape index (κ2) is 8.80. The molecule has 0 unspecified atom stereocenters. The zero-order chi connectivity index (χ0) is 20.2. The van der Waals surface area contributed by atoms with Crippen LogP contribution in [0.25, 0.3) is 0 Å². The molecule has 2 saturated carbocycles. The molecule has 2 heterocycles. The molecule has 4 rings (SSSR count). The maximum atomic E-state index is 11.3. The number of hydrogen-bond donors (Lipinski definition) is 3. The number of hydrogen-bond acceptors (Lipinski definition) is 6. The fourth-order valence-electron chi connectivity index (χ4n) is 4.62. The van der Waals surface area contributed by atoms with Gasteiger partial charge in [-0.3, -0.25) is 9.89 Å². The molecule has 2 fully saturated rings. The number of nitrogens with one attached hydrogen (secondary N) is 3. The fraction of sp³-hybridized carbons (Fsp3) is 0.619. The molecule has 0 bridgehead atoms. The Morgan fingerprint density at radius 3 is 2.62 bits per heavy atom. The summed E-state index contributed by atoms with van der Waals surface area (Å²) in [6.07, 6.45) is 10.9. The second-order valence-electron chi connectivity index (χ2n) is 8.37. The van der Waals surface area contributed by atoms with Crippen molar-refractivity contribution in [2.45, 2.75) is 76.3 Å². The Balaban J connectivity index is 1.36. The Hall–Kier alpha value is -2.64. The first kappa shape index (κ1) is 19.7. The third kappa shape index (κ3) is 4.86. The van der Waals surface area contributed by atoms with E-state index in [0.29, 0.717) is 23.9 Å². The summed E-state index contributed by atoms with van der Waals surface area (Å²) in [4.78, 5) is 22.6. The number of aromatic amines is 1. The molecule has 0 radical (unpaired) electrons. The van der Waals surface area contributed by atoms with Crippen molar-refractivity contribution in [3.05, 3.63) is 24.0 Å².